The van der Waals surface area contributed by atoms with E-state index < -0.39 is 42.3 Å². The summed E-state index contributed by atoms with van der Waals surface area (Å²) < 4.78 is 5.09. The summed E-state index contributed by atoms with van der Waals surface area (Å²) in [5.74, 6) is -1.80. The molecule has 1 aliphatic rings. The van der Waals surface area contributed by atoms with Gasteiger partial charge in [-0.3, -0.25) is 4.79 Å². The molecular weight excluding hydrogens is 340 g/mol. The van der Waals surface area contributed by atoms with E-state index in [0.717, 1.165) is 11.1 Å². The van der Waals surface area contributed by atoms with Crippen molar-refractivity contribution in [2.24, 2.45) is 0 Å². The topological polar surface area (TPSA) is 116 Å². The number of hydrogen-bond acceptors (Lipinski definition) is 5. The zero-order chi connectivity index (χ0) is 19.5. The summed E-state index contributed by atoms with van der Waals surface area (Å²) in [5, 5.41) is 21.3. The molecule has 0 unspecified atom stereocenters. The number of rotatable bonds is 4. The van der Waals surface area contributed by atoms with E-state index >= 15 is 0 Å². The van der Waals surface area contributed by atoms with Gasteiger partial charge in [0.25, 0.3) is 0 Å². The molecule has 0 fully saturated rings. The van der Waals surface area contributed by atoms with Crippen molar-refractivity contribution in [2.45, 2.75) is 51.4 Å². The first-order valence-corrected chi connectivity index (χ1v) is 8.33. The van der Waals surface area contributed by atoms with Gasteiger partial charge in [-0.25, -0.2) is 9.59 Å². The molecular formula is C18H24N2O6. The number of nitrogens with one attached hydrogen (secondary N) is 1. The van der Waals surface area contributed by atoms with Crippen molar-refractivity contribution in [1.82, 2.24) is 10.2 Å². The lowest BCUT2D eigenvalue weighted by atomic mass is 9.93. The highest BCUT2D eigenvalue weighted by Crippen LogP contribution is 2.24. The van der Waals surface area contributed by atoms with Crippen molar-refractivity contribution in [3.63, 3.8) is 0 Å². The van der Waals surface area contributed by atoms with Gasteiger partial charge in [0.15, 0.2) is 0 Å². The second kappa shape index (κ2) is 7.74. The van der Waals surface area contributed by atoms with Crippen LogP contribution < -0.4 is 5.32 Å². The van der Waals surface area contributed by atoms with Gasteiger partial charge in [-0.05, 0) is 31.9 Å². The van der Waals surface area contributed by atoms with E-state index in [4.69, 9.17) is 4.74 Å². The molecule has 1 aliphatic heterocycles. The molecule has 1 aromatic carbocycles. The molecule has 0 saturated carbocycles. The van der Waals surface area contributed by atoms with E-state index in [1.165, 1.54) is 4.90 Å². The van der Waals surface area contributed by atoms with E-state index in [2.05, 4.69) is 5.32 Å². The van der Waals surface area contributed by atoms with Crippen LogP contribution in [0.1, 0.15) is 31.9 Å². The molecule has 2 atom stereocenters. The minimum Gasteiger partial charge on any atom is -0.480 e. The van der Waals surface area contributed by atoms with Crippen LogP contribution >= 0.6 is 0 Å². The van der Waals surface area contributed by atoms with Gasteiger partial charge in [0.1, 0.15) is 17.7 Å². The standard InChI is InChI=1S/C18H24N2O6/c1-18(2,3)26-17(25)19-13(10-21)15(22)20-9-12-7-5-4-6-11(12)8-14(20)16(23)24/h4-7,13-14,21H,8-10H2,1-3H3,(H,19,25)(H,23,24)/t13-,14-/m0/s1. The molecule has 26 heavy (non-hydrogen) atoms. The summed E-state index contributed by atoms with van der Waals surface area (Å²) >= 11 is 0. The number of aliphatic hydroxyl groups excluding tert-OH is 1. The normalized spacial score (nSPS) is 17.8. The molecule has 0 aliphatic carbocycles. The highest BCUT2D eigenvalue weighted by Gasteiger charge is 2.38. The predicted octanol–water partition coefficient (Wildman–Crippen LogP) is 0.910. The maximum absolute atomic E-state index is 12.8. The molecule has 0 aromatic heterocycles. The van der Waals surface area contributed by atoms with Crippen LogP contribution in [0.4, 0.5) is 4.79 Å². The number of carbonyl (C=O) groups excluding carboxylic acids is 2. The number of carbonyl (C=O) groups is 3. The molecule has 2 rings (SSSR count). The van der Waals surface area contributed by atoms with Crippen LogP contribution in [0, 0.1) is 0 Å². The minimum absolute atomic E-state index is 0.0957. The van der Waals surface area contributed by atoms with Gasteiger partial charge in [-0.1, -0.05) is 24.3 Å². The van der Waals surface area contributed by atoms with E-state index in [1.54, 1.807) is 20.8 Å². The molecule has 142 valence electrons. The number of fused-ring (bicyclic) bond motifs is 1. The van der Waals surface area contributed by atoms with Crippen LogP contribution in [0.3, 0.4) is 0 Å². The first-order chi connectivity index (χ1) is 12.1. The molecule has 8 heteroatoms. The molecule has 0 bridgehead atoms. The SMILES string of the molecule is CC(C)(C)OC(=O)N[C@@H](CO)C(=O)N1Cc2ccccc2C[C@H]1C(=O)O. The van der Waals surface area contributed by atoms with Gasteiger partial charge < -0.3 is 25.2 Å². The fourth-order valence-corrected chi connectivity index (χ4v) is 2.81. The first kappa shape index (κ1) is 19.7. The summed E-state index contributed by atoms with van der Waals surface area (Å²) in [6.45, 7) is 4.44. The van der Waals surface area contributed by atoms with E-state index in [9.17, 15) is 24.6 Å². The number of benzene rings is 1. The number of carboxylic acid groups (broad SMARTS) is 1. The molecule has 1 heterocycles. The lowest BCUT2D eigenvalue weighted by molar-refractivity contribution is -0.152. The van der Waals surface area contributed by atoms with Crippen LogP contribution in [-0.4, -0.2) is 57.4 Å². The van der Waals surface area contributed by atoms with Gasteiger partial charge in [-0.2, -0.15) is 0 Å². The monoisotopic (exact) mass is 364 g/mol. The highest BCUT2D eigenvalue weighted by atomic mass is 16.6. The van der Waals surface area contributed by atoms with Crippen molar-refractivity contribution in [3.8, 4) is 0 Å². The van der Waals surface area contributed by atoms with Crippen LogP contribution in [0.5, 0.6) is 0 Å². The Kier molecular flexibility index (Phi) is 5.86. The molecule has 0 saturated heterocycles. The van der Waals surface area contributed by atoms with E-state index in [-0.39, 0.29) is 13.0 Å². The maximum atomic E-state index is 12.8. The number of ether oxygens (including phenoxy) is 1. The fraction of sp³-hybridized carbons (Fsp3) is 0.500. The Morgan fingerprint density at radius 1 is 1.27 bits per heavy atom. The first-order valence-electron chi connectivity index (χ1n) is 8.33. The van der Waals surface area contributed by atoms with Gasteiger partial charge >= 0.3 is 12.1 Å². The van der Waals surface area contributed by atoms with Crippen molar-refractivity contribution in [3.05, 3.63) is 35.4 Å². The summed E-state index contributed by atoms with van der Waals surface area (Å²) in [6.07, 6.45) is -0.684. The Hall–Kier alpha value is -2.61. The van der Waals surface area contributed by atoms with Crippen LogP contribution in [0.2, 0.25) is 0 Å². The highest BCUT2D eigenvalue weighted by molar-refractivity contribution is 5.90. The Morgan fingerprint density at radius 2 is 1.88 bits per heavy atom. The molecule has 2 amide bonds. The molecule has 0 radical (unpaired) electrons. The summed E-state index contributed by atoms with van der Waals surface area (Å²) in [6, 6.07) is 4.93. The Labute approximate surface area is 151 Å². The zero-order valence-electron chi connectivity index (χ0n) is 15.1. The van der Waals surface area contributed by atoms with Crippen molar-refractivity contribution in [1.29, 1.82) is 0 Å². The Balaban J connectivity index is 2.19. The number of aliphatic hydroxyl groups is 1. The second-order valence-corrected chi connectivity index (χ2v) is 7.17. The van der Waals surface area contributed by atoms with Crippen LogP contribution in [-0.2, 0) is 27.3 Å². The third-order valence-electron chi connectivity index (χ3n) is 3.99. The smallest absolute Gasteiger partial charge is 0.408 e. The summed E-state index contributed by atoms with van der Waals surface area (Å²) in [7, 11) is 0. The quantitative estimate of drug-likeness (QED) is 0.731. The van der Waals surface area contributed by atoms with Crippen LogP contribution in [0.15, 0.2) is 24.3 Å². The van der Waals surface area contributed by atoms with Crippen molar-refractivity contribution >= 4 is 18.0 Å². The number of hydrogen-bond donors (Lipinski definition) is 3. The molecule has 8 nitrogen and oxygen atoms in total. The second-order valence-electron chi connectivity index (χ2n) is 7.17. The predicted molar refractivity (Wildman–Crippen MR) is 92.4 cm³/mol. The largest absolute Gasteiger partial charge is 0.480 e. The van der Waals surface area contributed by atoms with E-state index in [0.29, 0.717) is 0 Å². The number of alkyl carbamates (subject to hydrolysis) is 1. The number of amides is 2. The third-order valence-corrected chi connectivity index (χ3v) is 3.99. The van der Waals surface area contributed by atoms with Crippen molar-refractivity contribution in [2.75, 3.05) is 6.61 Å². The van der Waals surface area contributed by atoms with Crippen molar-refractivity contribution < 1.29 is 29.3 Å². The van der Waals surface area contributed by atoms with Gasteiger partial charge in [0.2, 0.25) is 5.91 Å². The number of carboxylic acids is 1. The molecule has 1 aromatic rings. The Bertz CT molecular complexity index is 697. The van der Waals surface area contributed by atoms with Gasteiger partial charge in [-0.15, -0.1) is 0 Å². The molecule has 3 N–H and O–H groups in total. The fourth-order valence-electron chi connectivity index (χ4n) is 2.81. The third kappa shape index (κ3) is 4.72. The zero-order valence-corrected chi connectivity index (χ0v) is 15.1. The average Bonchev–Trinajstić information content (AvgIpc) is 2.56. The van der Waals surface area contributed by atoms with E-state index in [1.807, 2.05) is 24.3 Å². The summed E-state index contributed by atoms with van der Waals surface area (Å²) in [5.41, 5.74) is 0.942. The summed E-state index contributed by atoms with van der Waals surface area (Å²) in [4.78, 5) is 37.5. The lowest BCUT2D eigenvalue weighted by Gasteiger charge is -2.36. The van der Waals surface area contributed by atoms with Gasteiger partial charge in [0, 0.05) is 13.0 Å². The number of aliphatic carboxylic acids is 1. The van der Waals surface area contributed by atoms with Gasteiger partial charge in [0.05, 0.1) is 6.61 Å². The minimum atomic E-state index is -1.28. The number of nitrogens with zero attached hydrogens (tertiary/aromatic N) is 1. The Morgan fingerprint density at radius 3 is 2.42 bits per heavy atom. The van der Waals surface area contributed by atoms with Crippen LogP contribution in [0.25, 0.3) is 0 Å². The lowest BCUT2D eigenvalue weighted by Crippen LogP contribution is -2.57. The maximum Gasteiger partial charge on any atom is 0.408 e. The average molecular weight is 364 g/mol. The molecule has 0 spiro atoms.